The highest BCUT2D eigenvalue weighted by Crippen LogP contribution is 2.06. The van der Waals surface area contributed by atoms with Crippen LogP contribution in [0.25, 0.3) is 0 Å². The van der Waals surface area contributed by atoms with Gasteiger partial charge in [0, 0.05) is 6.54 Å². The maximum atomic E-state index is 10.8. The van der Waals surface area contributed by atoms with E-state index in [-0.39, 0.29) is 18.5 Å². The van der Waals surface area contributed by atoms with Crippen molar-refractivity contribution >= 4 is 5.91 Å². The topological polar surface area (TPSA) is 70.1 Å². The number of carbonyl (C=O) groups is 1. The van der Waals surface area contributed by atoms with Crippen LogP contribution in [0, 0.1) is 17.2 Å². The highest BCUT2D eigenvalue weighted by Gasteiger charge is 2.18. The number of primary amides is 1. The standard InChI is InChI=1S/C10H19N3O/c1-4-9(5-11)13(6-8(2)3)7-10(12)14/h8-9H,4,6-7H2,1-3H3,(H2,12,14). The third-order valence-corrected chi connectivity index (χ3v) is 1.94. The molecule has 1 amide bonds. The highest BCUT2D eigenvalue weighted by atomic mass is 16.1. The van der Waals surface area contributed by atoms with Gasteiger partial charge in [-0.2, -0.15) is 5.26 Å². The molecule has 2 N–H and O–H groups in total. The van der Waals surface area contributed by atoms with E-state index >= 15 is 0 Å². The molecular formula is C10H19N3O. The van der Waals surface area contributed by atoms with Crippen LogP contribution in [0.5, 0.6) is 0 Å². The normalized spacial score (nSPS) is 12.9. The Morgan fingerprint density at radius 1 is 1.57 bits per heavy atom. The second-order valence-corrected chi connectivity index (χ2v) is 3.84. The molecule has 0 aromatic rings. The second kappa shape index (κ2) is 6.39. The molecule has 1 unspecified atom stereocenters. The molecule has 0 aliphatic rings. The van der Waals surface area contributed by atoms with Crippen molar-refractivity contribution in [2.24, 2.45) is 11.7 Å². The Kier molecular flexibility index (Phi) is 5.89. The summed E-state index contributed by atoms with van der Waals surface area (Å²) in [5.74, 6) is 0.0519. The van der Waals surface area contributed by atoms with Crippen LogP contribution in [0.4, 0.5) is 0 Å². The minimum Gasteiger partial charge on any atom is -0.369 e. The molecule has 0 spiro atoms. The number of carbonyl (C=O) groups excluding carboxylic acids is 1. The summed E-state index contributed by atoms with van der Waals surface area (Å²) in [6.07, 6.45) is 0.719. The summed E-state index contributed by atoms with van der Waals surface area (Å²) >= 11 is 0. The summed E-state index contributed by atoms with van der Waals surface area (Å²) in [7, 11) is 0. The molecule has 4 nitrogen and oxygen atoms in total. The van der Waals surface area contributed by atoms with E-state index in [0.29, 0.717) is 5.92 Å². The molecule has 1 atom stereocenters. The monoisotopic (exact) mass is 197 g/mol. The van der Waals surface area contributed by atoms with Gasteiger partial charge in [-0.25, -0.2) is 0 Å². The lowest BCUT2D eigenvalue weighted by Crippen LogP contribution is -2.42. The fourth-order valence-electron chi connectivity index (χ4n) is 1.40. The molecule has 0 radical (unpaired) electrons. The van der Waals surface area contributed by atoms with Crippen LogP contribution in [0.2, 0.25) is 0 Å². The van der Waals surface area contributed by atoms with Crippen LogP contribution >= 0.6 is 0 Å². The Bertz CT molecular complexity index is 220. The number of hydrogen-bond acceptors (Lipinski definition) is 3. The predicted octanol–water partition coefficient (Wildman–Crippen LogP) is 0.732. The van der Waals surface area contributed by atoms with E-state index in [1.807, 2.05) is 11.8 Å². The lowest BCUT2D eigenvalue weighted by molar-refractivity contribution is -0.119. The van der Waals surface area contributed by atoms with Gasteiger partial charge in [0.2, 0.25) is 5.91 Å². The molecule has 4 heteroatoms. The van der Waals surface area contributed by atoms with Crippen LogP contribution in [-0.2, 0) is 4.79 Å². The average molecular weight is 197 g/mol. The minimum atomic E-state index is -0.376. The molecule has 0 bridgehead atoms. The quantitative estimate of drug-likeness (QED) is 0.682. The summed E-state index contributed by atoms with van der Waals surface area (Å²) in [5, 5.41) is 8.88. The zero-order chi connectivity index (χ0) is 11.1. The maximum Gasteiger partial charge on any atom is 0.231 e. The molecule has 14 heavy (non-hydrogen) atoms. The van der Waals surface area contributed by atoms with Crippen LogP contribution < -0.4 is 5.73 Å². The number of amides is 1. The van der Waals surface area contributed by atoms with Gasteiger partial charge in [0.25, 0.3) is 0 Å². The van der Waals surface area contributed by atoms with Gasteiger partial charge in [-0.15, -0.1) is 0 Å². The zero-order valence-corrected chi connectivity index (χ0v) is 9.16. The molecule has 0 saturated heterocycles. The molecule has 80 valence electrons. The first kappa shape index (κ1) is 12.9. The summed E-state index contributed by atoms with van der Waals surface area (Å²) in [5.41, 5.74) is 5.13. The predicted molar refractivity (Wildman–Crippen MR) is 55.3 cm³/mol. The van der Waals surface area contributed by atoms with Gasteiger partial charge in [0.1, 0.15) is 0 Å². The Balaban J connectivity index is 4.37. The first-order valence-electron chi connectivity index (χ1n) is 4.93. The first-order valence-corrected chi connectivity index (χ1v) is 4.93. The van der Waals surface area contributed by atoms with Crippen molar-refractivity contribution in [1.82, 2.24) is 4.90 Å². The van der Waals surface area contributed by atoms with Crippen molar-refractivity contribution in [1.29, 1.82) is 5.26 Å². The van der Waals surface area contributed by atoms with Crippen molar-refractivity contribution in [2.75, 3.05) is 13.1 Å². The van der Waals surface area contributed by atoms with Crippen LogP contribution in [0.1, 0.15) is 27.2 Å². The molecule has 0 rings (SSSR count). The van der Waals surface area contributed by atoms with Crippen LogP contribution in [0.15, 0.2) is 0 Å². The number of hydrogen-bond donors (Lipinski definition) is 1. The molecule has 0 heterocycles. The van der Waals surface area contributed by atoms with Crippen molar-refractivity contribution in [3.8, 4) is 6.07 Å². The molecule has 0 aliphatic heterocycles. The Labute approximate surface area is 85.7 Å². The molecule has 0 aliphatic carbocycles. The van der Waals surface area contributed by atoms with E-state index in [2.05, 4.69) is 19.9 Å². The number of nitrogens with zero attached hydrogens (tertiary/aromatic N) is 2. The molecular weight excluding hydrogens is 178 g/mol. The fourth-order valence-corrected chi connectivity index (χ4v) is 1.40. The number of nitriles is 1. The van der Waals surface area contributed by atoms with E-state index < -0.39 is 0 Å². The third kappa shape index (κ3) is 4.83. The van der Waals surface area contributed by atoms with E-state index in [9.17, 15) is 4.79 Å². The Morgan fingerprint density at radius 3 is 2.43 bits per heavy atom. The van der Waals surface area contributed by atoms with Gasteiger partial charge in [0.05, 0.1) is 18.7 Å². The largest absolute Gasteiger partial charge is 0.369 e. The van der Waals surface area contributed by atoms with Gasteiger partial charge >= 0.3 is 0 Å². The smallest absolute Gasteiger partial charge is 0.231 e. The average Bonchev–Trinajstić information content (AvgIpc) is 2.03. The summed E-state index contributed by atoms with van der Waals surface area (Å²) in [6.45, 7) is 6.94. The van der Waals surface area contributed by atoms with Crippen molar-refractivity contribution in [3.63, 3.8) is 0 Å². The van der Waals surface area contributed by atoms with E-state index in [1.54, 1.807) is 0 Å². The molecule has 0 aromatic heterocycles. The first-order chi connectivity index (χ1) is 6.51. The van der Waals surface area contributed by atoms with Gasteiger partial charge in [-0.05, 0) is 12.3 Å². The molecule has 0 saturated carbocycles. The zero-order valence-electron chi connectivity index (χ0n) is 9.16. The SMILES string of the molecule is CCC(C#N)N(CC(N)=O)CC(C)C. The Hall–Kier alpha value is -1.08. The number of nitrogens with two attached hydrogens (primary N) is 1. The maximum absolute atomic E-state index is 10.8. The third-order valence-electron chi connectivity index (χ3n) is 1.94. The van der Waals surface area contributed by atoms with Crippen LogP contribution in [0.3, 0.4) is 0 Å². The van der Waals surface area contributed by atoms with E-state index in [4.69, 9.17) is 11.0 Å². The van der Waals surface area contributed by atoms with E-state index in [1.165, 1.54) is 0 Å². The van der Waals surface area contributed by atoms with Crippen LogP contribution in [-0.4, -0.2) is 29.9 Å². The van der Waals surface area contributed by atoms with Crippen molar-refractivity contribution < 1.29 is 4.79 Å². The molecule has 0 fully saturated rings. The van der Waals surface area contributed by atoms with Gasteiger partial charge in [-0.1, -0.05) is 20.8 Å². The lowest BCUT2D eigenvalue weighted by atomic mass is 10.1. The second-order valence-electron chi connectivity index (χ2n) is 3.84. The summed E-state index contributed by atoms with van der Waals surface area (Å²) in [6, 6.07) is 1.98. The van der Waals surface area contributed by atoms with E-state index in [0.717, 1.165) is 13.0 Å². The summed E-state index contributed by atoms with van der Waals surface area (Å²) in [4.78, 5) is 12.6. The van der Waals surface area contributed by atoms with Crippen molar-refractivity contribution in [3.05, 3.63) is 0 Å². The van der Waals surface area contributed by atoms with Gasteiger partial charge in [0.15, 0.2) is 0 Å². The fraction of sp³-hybridized carbons (Fsp3) is 0.800. The highest BCUT2D eigenvalue weighted by molar-refractivity contribution is 5.76. The number of rotatable bonds is 6. The minimum absolute atomic E-state index is 0.171. The molecule has 0 aromatic carbocycles. The van der Waals surface area contributed by atoms with Gasteiger partial charge < -0.3 is 5.73 Å². The summed E-state index contributed by atoms with van der Waals surface area (Å²) < 4.78 is 0. The van der Waals surface area contributed by atoms with Gasteiger partial charge in [-0.3, -0.25) is 9.69 Å². The van der Waals surface area contributed by atoms with Crippen molar-refractivity contribution in [2.45, 2.75) is 33.2 Å². The Morgan fingerprint density at radius 2 is 2.14 bits per heavy atom. The lowest BCUT2D eigenvalue weighted by Gasteiger charge is -2.26.